The first kappa shape index (κ1) is 14.7. The van der Waals surface area contributed by atoms with Crippen LogP contribution < -0.4 is 5.32 Å². The average molecular weight is 247 g/mol. The molecule has 100 valence electrons. The predicted molar refractivity (Wildman–Crippen MR) is 76.9 cm³/mol. The number of carbonyl (C=O) groups is 1. The van der Waals surface area contributed by atoms with Crippen molar-refractivity contribution in [3.05, 3.63) is 35.4 Å². The maximum atomic E-state index is 11.8. The maximum absolute atomic E-state index is 11.8. The summed E-state index contributed by atoms with van der Waals surface area (Å²) in [5, 5.41) is 2.98. The van der Waals surface area contributed by atoms with E-state index in [1.165, 1.54) is 32.1 Å². The number of unbranched alkanes of at least 4 members (excludes halogenated alkanes) is 5. The van der Waals surface area contributed by atoms with Crippen molar-refractivity contribution < 1.29 is 4.79 Å². The van der Waals surface area contributed by atoms with E-state index in [0.29, 0.717) is 0 Å². The van der Waals surface area contributed by atoms with Crippen LogP contribution in [0.3, 0.4) is 0 Å². The quantitative estimate of drug-likeness (QED) is 0.689. The highest BCUT2D eigenvalue weighted by molar-refractivity contribution is 5.94. The molecule has 0 aliphatic carbocycles. The molecule has 1 amide bonds. The molecule has 0 radical (unpaired) electrons. The summed E-state index contributed by atoms with van der Waals surface area (Å²) >= 11 is 0. The molecule has 0 saturated heterocycles. The van der Waals surface area contributed by atoms with Crippen LogP contribution in [0.15, 0.2) is 24.3 Å². The number of amides is 1. The molecule has 2 nitrogen and oxygen atoms in total. The molecule has 0 saturated carbocycles. The molecule has 1 aromatic rings. The Balaban J connectivity index is 2.14. The van der Waals surface area contributed by atoms with Gasteiger partial charge in [0.15, 0.2) is 0 Å². The van der Waals surface area contributed by atoms with Crippen molar-refractivity contribution in [1.82, 2.24) is 5.32 Å². The Bertz CT molecular complexity index is 360. The van der Waals surface area contributed by atoms with Crippen LogP contribution in [0.2, 0.25) is 0 Å². The second-order valence-electron chi connectivity index (χ2n) is 4.89. The normalized spacial score (nSPS) is 10.3. The zero-order valence-corrected chi connectivity index (χ0v) is 11.7. The Labute approximate surface area is 111 Å². The van der Waals surface area contributed by atoms with Crippen LogP contribution in [-0.2, 0) is 0 Å². The second kappa shape index (κ2) is 8.73. The molecule has 0 aromatic heterocycles. The molecule has 0 atom stereocenters. The third kappa shape index (κ3) is 5.85. The number of nitrogens with one attached hydrogen (secondary N) is 1. The van der Waals surface area contributed by atoms with Gasteiger partial charge in [-0.2, -0.15) is 0 Å². The highest BCUT2D eigenvalue weighted by Crippen LogP contribution is 2.05. The van der Waals surface area contributed by atoms with E-state index in [9.17, 15) is 4.79 Å². The van der Waals surface area contributed by atoms with Gasteiger partial charge in [0, 0.05) is 12.1 Å². The van der Waals surface area contributed by atoms with Crippen molar-refractivity contribution in [1.29, 1.82) is 0 Å². The van der Waals surface area contributed by atoms with Gasteiger partial charge in [0.1, 0.15) is 0 Å². The van der Waals surface area contributed by atoms with Gasteiger partial charge in [-0.05, 0) is 25.5 Å². The van der Waals surface area contributed by atoms with E-state index in [4.69, 9.17) is 0 Å². The highest BCUT2D eigenvalue weighted by Gasteiger charge is 2.03. The molecule has 0 fully saturated rings. The molecular formula is C16H25NO. The Morgan fingerprint density at radius 1 is 1.11 bits per heavy atom. The first-order valence-electron chi connectivity index (χ1n) is 7.09. The fourth-order valence-corrected chi connectivity index (χ4v) is 2.00. The molecule has 1 N–H and O–H groups in total. The fourth-order valence-electron chi connectivity index (χ4n) is 2.00. The van der Waals surface area contributed by atoms with Crippen molar-refractivity contribution in [2.24, 2.45) is 0 Å². The number of carbonyl (C=O) groups excluding carboxylic acids is 1. The van der Waals surface area contributed by atoms with E-state index in [-0.39, 0.29) is 5.91 Å². The standard InChI is InChI=1S/C16H25NO/c1-3-4-5-6-7-8-12-17-16(18)15-11-9-10-14(2)13-15/h9-11,13H,3-8,12H2,1-2H3,(H,17,18). The van der Waals surface area contributed by atoms with Gasteiger partial charge in [-0.3, -0.25) is 4.79 Å². The summed E-state index contributed by atoms with van der Waals surface area (Å²) < 4.78 is 0. The first-order valence-corrected chi connectivity index (χ1v) is 7.09. The lowest BCUT2D eigenvalue weighted by Gasteiger charge is -2.05. The van der Waals surface area contributed by atoms with Crippen molar-refractivity contribution in [3.63, 3.8) is 0 Å². The summed E-state index contributed by atoms with van der Waals surface area (Å²) in [4.78, 5) is 11.8. The molecule has 0 unspecified atom stereocenters. The van der Waals surface area contributed by atoms with Crippen molar-refractivity contribution >= 4 is 5.91 Å². The Hall–Kier alpha value is -1.31. The zero-order valence-electron chi connectivity index (χ0n) is 11.7. The van der Waals surface area contributed by atoms with Crippen LogP contribution >= 0.6 is 0 Å². The minimum absolute atomic E-state index is 0.0484. The molecular weight excluding hydrogens is 222 g/mol. The van der Waals surface area contributed by atoms with Crippen LogP contribution in [0.4, 0.5) is 0 Å². The van der Waals surface area contributed by atoms with Crippen LogP contribution in [0.25, 0.3) is 0 Å². The lowest BCUT2D eigenvalue weighted by molar-refractivity contribution is 0.0953. The number of hydrogen-bond acceptors (Lipinski definition) is 1. The largest absolute Gasteiger partial charge is 0.352 e. The number of hydrogen-bond donors (Lipinski definition) is 1. The van der Waals surface area contributed by atoms with Crippen LogP contribution in [0.5, 0.6) is 0 Å². The maximum Gasteiger partial charge on any atom is 0.251 e. The van der Waals surface area contributed by atoms with E-state index < -0.39 is 0 Å². The Kier molecular flexibility index (Phi) is 7.16. The van der Waals surface area contributed by atoms with Gasteiger partial charge in [0.25, 0.3) is 5.91 Å². The molecule has 0 spiro atoms. The molecule has 0 aliphatic rings. The van der Waals surface area contributed by atoms with Gasteiger partial charge in [-0.15, -0.1) is 0 Å². The third-order valence-electron chi connectivity index (χ3n) is 3.10. The molecule has 18 heavy (non-hydrogen) atoms. The van der Waals surface area contributed by atoms with Crippen LogP contribution in [0, 0.1) is 6.92 Å². The predicted octanol–water partition coefficient (Wildman–Crippen LogP) is 4.09. The summed E-state index contributed by atoms with van der Waals surface area (Å²) in [5.41, 5.74) is 1.89. The fraction of sp³-hybridized carbons (Fsp3) is 0.562. The van der Waals surface area contributed by atoms with Gasteiger partial charge >= 0.3 is 0 Å². The molecule has 0 aliphatic heterocycles. The lowest BCUT2D eigenvalue weighted by atomic mass is 10.1. The van der Waals surface area contributed by atoms with Gasteiger partial charge in [-0.1, -0.05) is 56.7 Å². The lowest BCUT2D eigenvalue weighted by Crippen LogP contribution is -2.24. The van der Waals surface area contributed by atoms with Crippen molar-refractivity contribution in [2.75, 3.05) is 6.54 Å². The third-order valence-corrected chi connectivity index (χ3v) is 3.10. The van der Waals surface area contributed by atoms with E-state index in [1.807, 2.05) is 31.2 Å². The zero-order chi connectivity index (χ0) is 13.2. The second-order valence-corrected chi connectivity index (χ2v) is 4.89. The van der Waals surface area contributed by atoms with Gasteiger partial charge in [0.05, 0.1) is 0 Å². The van der Waals surface area contributed by atoms with E-state index in [0.717, 1.165) is 24.1 Å². The monoisotopic (exact) mass is 247 g/mol. The topological polar surface area (TPSA) is 29.1 Å². The Morgan fingerprint density at radius 3 is 2.56 bits per heavy atom. The molecule has 2 heteroatoms. The minimum Gasteiger partial charge on any atom is -0.352 e. The average Bonchev–Trinajstić information content (AvgIpc) is 2.37. The molecule has 0 heterocycles. The summed E-state index contributed by atoms with van der Waals surface area (Å²) in [6, 6.07) is 7.72. The van der Waals surface area contributed by atoms with Crippen LogP contribution in [0.1, 0.15) is 61.4 Å². The van der Waals surface area contributed by atoms with E-state index in [2.05, 4.69) is 12.2 Å². The van der Waals surface area contributed by atoms with Crippen molar-refractivity contribution in [2.45, 2.75) is 52.4 Å². The van der Waals surface area contributed by atoms with Crippen LogP contribution in [-0.4, -0.2) is 12.5 Å². The minimum atomic E-state index is 0.0484. The summed E-state index contributed by atoms with van der Waals surface area (Å²) in [7, 11) is 0. The first-order chi connectivity index (χ1) is 8.74. The summed E-state index contributed by atoms with van der Waals surface area (Å²) in [6.45, 7) is 5.02. The van der Waals surface area contributed by atoms with Crippen molar-refractivity contribution in [3.8, 4) is 0 Å². The molecule has 1 aromatic carbocycles. The smallest absolute Gasteiger partial charge is 0.251 e. The Morgan fingerprint density at radius 2 is 1.83 bits per heavy atom. The summed E-state index contributed by atoms with van der Waals surface area (Å²) in [6.07, 6.45) is 7.52. The van der Waals surface area contributed by atoms with Gasteiger partial charge < -0.3 is 5.32 Å². The van der Waals surface area contributed by atoms with E-state index >= 15 is 0 Å². The summed E-state index contributed by atoms with van der Waals surface area (Å²) in [5.74, 6) is 0.0484. The molecule has 0 bridgehead atoms. The van der Waals surface area contributed by atoms with E-state index in [1.54, 1.807) is 0 Å². The highest BCUT2D eigenvalue weighted by atomic mass is 16.1. The SMILES string of the molecule is CCCCCCCCNC(=O)c1cccc(C)c1. The molecule has 1 rings (SSSR count). The number of aryl methyl sites for hydroxylation is 1. The van der Waals surface area contributed by atoms with Gasteiger partial charge in [-0.25, -0.2) is 0 Å². The van der Waals surface area contributed by atoms with Gasteiger partial charge in [0.2, 0.25) is 0 Å². The number of benzene rings is 1. The number of rotatable bonds is 8.